The summed E-state index contributed by atoms with van der Waals surface area (Å²) in [5.41, 5.74) is 0. The Morgan fingerprint density at radius 1 is 0.500 bits per heavy atom. The summed E-state index contributed by atoms with van der Waals surface area (Å²) in [5, 5.41) is 18.3. The van der Waals surface area contributed by atoms with Gasteiger partial charge in [-0.25, -0.2) is 0 Å². The molecule has 2 N–H and O–H groups in total. The molecule has 0 aliphatic rings. The minimum absolute atomic E-state index is 0.0304. The van der Waals surface area contributed by atoms with Crippen LogP contribution in [0.3, 0.4) is 0 Å². The van der Waals surface area contributed by atoms with Crippen LogP contribution in [0.15, 0.2) is 0 Å². The van der Waals surface area contributed by atoms with E-state index in [0.717, 1.165) is 12.8 Å². The van der Waals surface area contributed by atoms with Crippen molar-refractivity contribution in [1.82, 2.24) is 0 Å². The molecule has 0 aliphatic heterocycles. The Labute approximate surface area is 181 Å². The Balaban J connectivity index is 3.06. The first-order chi connectivity index (χ1) is 14.7. The Kier molecular flexibility index (Phi) is 24.6. The molecule has 0 aromatic heterocycles. The van der Waals surface area contributed by atoms with E-state index in [-0.39, 0.29) is 6.61 Å². The highest BCUT2D eigenvalue weighted by atomic mass is 16.6. The van der Waals surface area contributed by atoms with Crippen molar-refractivity contribution in [2.75, 3.05) is 99.1 Å². The topological polar surface area (TPSA) is 105 Å². The minimum atomic E-state index is -0.391. The van der Waals surface area contributed by atoms with Crippen LogP contribution in [-0.4, -0.2) is 115 Å². The molecule has 9 heteroatoms. The van der Waals surface area contributed by atoms with Crippen LogP contribution in [0.25, 0.3) is 0 Å². The zero-order chi connectivity index (χ0) is 22.1. The van der Waals surface area contributed by atoms with Crippen LogP contribution < -0.4 is 0 Å². The van der Waals surface area contributed by atoms with Crippen molar-refractivity contribution in [2.45, 2.75) is 32.8 Å². The van der Waals surface area contributed by atoms with Crippen LogP contribution in [0, 0.1) is 5.92 Å². The van der Waals surface area contributed by atoms with Crippen LogP contribution in [0.5, 0.6) is 0 Å². The van der Waals surface area contributed by atoms with Crippen LogP contribution in [0.2, 0.25) is 0 Å². The molecule has 1 unspecified atom stereocenters. The lowest BCUT2D eigenvalue weighted by molar-refractivity contribution is -0.0268. The van der Waals surface area contributed by atoms with E-state index in [4.69, 9.17) is 38.3 Å². The van der Waals surface area contributed by atoms with Crippen LogP contribution in [-0.2, 0) is 33.2 Å². The van der Waals surface area contributed by atoms with Crippen molar-refractivity contribution in [3.8, 4) is 0 Å². The van der Waals surface area contributed by atoms with Gasteiger partial charge in [-0.05, 0) is 18.8 Å². The lowest BCUT2D eigenvalue weighted by atomic mass is 10.1. The molecular formula is C21H44O9. The third kappa shape index (κ3) is 25.7. The molecule has 182 valence electrons. The second-order valence-corrected chi connectivity index (χ2v) is 7.10. The maximum atomic E-state index is 9.74. The molecule has 0 aliphatic carbocycles. The highest BCUT2D eigenvalue weighted by Crippen LogP contribution is 2.06. The molecular weight excluding hydrogens is 396 g/mol. The smallest absolute Gasteiger partial charge is 0.0773 e. The monoisotopic (exact) mass is 440 g/mol. The van der Waals surface area contributed by atoms with E-state index in [1.807, 2.05) is 0 Å². The fourth-order valence-electron chi connectivity index (χ4n) is 2.21. The highest BCUT2D eigenvalue weighted by molar-refractivity contribution is 4.56. The molecule has 30 heavy (non-hydrogen) atoms. The number of hydrogen-bond acceptors (Lipinski definition) is 9. The van der Waals surface area contributed by atoms with E-state index in [9.17, 15) is 5.11 Å². The van der Waals surface area contributed by atoms with Crippen LogP contribution in [0.4, 0.5) is 0 Å². The van der Waals surface area contributed by atoms with Gasteiger partial charge in [0.1, 0.15) is 0 Å². The third-order valence-corrected chi connectivity index (χ3v) is 3.86. The lowest BCUT2D eigenvalue weighted by Gasteiger charge is -2.12. The number of aliphatic hydroxyl groups excluding tert-OH is 2. The summed E-state index contributed by atoms with van der Waals surface area (Å²) in [6.07, 6.45) is 1.39. The quantitative estimate of drug-likeness (QED) is 0.200. The first-order valence-corrected chi connectivity index (χ1v) is 11.0. The summed E-state index contributed by atoms with van der Waals surface area (Å²) in [6, 6.07) is 0. The largest absolute Gasteiger partial charge is 0.394 e. The fourth-order valence-corrected chi connectivity index (χ4v) is 2.21. The van der Waals surface area contributed by atoms with Gasteiger partial charge in [0.2, 0.25) is 0 Å². The Morgan fingerprint density at radius 2 is 0.833 bits per heavy atom. The van der Waals surface area contributed by atoms with Gasteiger partial charge >= 0.3 is 0 Å². The highest BCUT2D eigenvalue weighted by Gasteiger charge is 2.05. The Morgan fingerprint density at radius 3 is 1.17 bits per heavy atom. The molecule has 0 saturated heterocycles. The molecule has 0 spiro atoms. The number of ether oxygens (including phenoxy) is 7. The van der Waals surface area contributed by atoms with Gasteiger partial charge in [0, 0.05) is 0 Å². The predicted octanol–water partition coefficient (Wildman–Crippen LogP) is 0.892. The molecule has 0 amide bonds. The summed E-state index contributed by atoms with van der Waals surface area (Å²) < 4.78 is 37.4. The Hall–Kier alpha value is -0.360. The number of rotatable bonds is 25. The van der Waals surface area contributed by atoms with Gasteiger partial charge in [0.05, 0.1) is 105 Å². The summed E-state index contributed by atoms with van der Waals surface area (Å²) >= 11 is 0. The maximum absolute atomic E-state index is 9.74. The van der Waals surface area contributed by atoms with Crippen LogP contribution >= 0.6 is 0 Å². The van der Waals surface area contributed by atoms with E-state index >= 15 is 0 Å². The second kappa shape index (κ2) is 24.9. The van der Waals surface area contributed by atoms with Gasteiger partial charge in [-0.2, -0.15) is 0 Å². The van der Waals surface area contributed by atoms with Crippen LogP contribution in [0.1, 0.15) is 26.7 Å². The Bertz CT molecular complexity index is 319. The van der Waals surface area contributed by atoms with Gasteiger partial charge < -0.3 is 43.4 Å². The minimum Gasteiger partial charge on any atom is -0.394 e. The fraction of sp³-hybridized carbons (Fsp3) is 1.00. The SMILES string of the molecule is CC(C)CCC(O)COCCOCCOCCOCCOCCOCCOCCO. The van der Waals surface area contributed by atoms with Gasteiger partial charge in [-0.1, -0.05) is 13.8 Å². The average molecular weight is 441 g/mol. The lowest BCUT2D eigenvalue weighted by Crippen LogP contribution is -2.18. The van der Waals surface area contributed by atoms with Crippen molar-refractivity contribution in [2.24, 2.45) is 5.92 Å². The van der Waals surface area contributed by atoms with E-state index in [1.54, 1.807) is 0 Å². The maximum Gasteiger partial charge on any atom is 0.0773 e. The van der Waals surface area contributed by atoms with Gasteiger partial charge in [0.15, 0.2) is 0 Å². The first-order valence-electron chi connectivity index (χ1n) is 11.0. The summed E-state index contributed by atoms with van der Waals surface area (Å²) in [6.45, 7) is 11.1. The van der Waals surface area contributed by atoms with Crippen molar-refractivity contribution in [3.05, 3.63) is 0 Å². The molecule has 0 bridgehead atoms. The molecule has 9 nitrogen and oxygen atoms in total. The summed E-state index contributed by atoms with van der Waals surface area (Å²) in [5.74, 6) is 0.599. The molecule has 0 radical (unpaired) electrons. The van der Waals surface area contributed by atoms with Gasteiger partial charge in [0.25, 0.3) is 0 Å². The van der Waals surface area contributed by atoms with Crippen molar-refractivity contribution >= 4 is 0 Å². The van der Waals surface area contributed by atoms with E-state index in [1.165, 1.54) is 0 Å². The predicted molar refractivity (Wildman–Crippen MR) is 113 cm³/mol. The third-order valence-electron chi connectivity index (χ3n) is 3.86. The van der Waals surface area contributed by atoms with Gasteiger partial charge in [-0.3, -0.25) is 0 Å². The van der Waals surface area contributed by atoms with Gasteiger partial charge in [-0.15, -0.1) is 0 Å². The normalized spacial score (nSPS) is 12.7. The molecule has 1 atom stereocenters. The standard InChI is InChI=1S/C21H44O9/c1-20(2)3-4-21(23)19-30-18-17-29-16-15-28-14-13-27-12-11-26-10-9-25-8-7-24-6-5-22/h20-23H,3-19H2,1-2H3. The van der Waals surface area contributed by atoms with E-state index in [0.29, 0.717) is 98.4 Å². The molecule has 0 rings (SSSR count). The van der Waals surface area contributed by atoms with Crippen molar-refractivity contribution < 1.29 is 43.4 Å². The van der Waals surface area contributed by atoms with E-state index < -0.39 is 6.10 Å². The molecule has 0 aromatic rings. The second-order valence-electron chi connectivity index (χ2n) is 7.10. The molecule has 0 saturated carbocycles. The average Bonchev–Trinajstić information content (AvgIpc) is 2.73. The van der Waals surface area contributed by atoms with E-state index in [2.05, 4.69) is 13.8 Å². The summed E-state index contributed by atoms with van der Waals surface area (Å²) in [7, 11) is 0. The first kappa shape index (κ1) is 29.6. The summed E-state index contributed by atoms with van der Waals surface area (Å²) in [4.78, 5) is 0. The number of hydrogen-bond donors (Lipinski definition) is 2. The molecule has 0 fully saturated rings. The molecule has 0 aromatic carbocycles. The van der Waals surface area contributed by atoms with Crippen molar-refractivity contribution in [1.29, 1.82) is 0 Å². The number of aliphatic hydroxyl groups is 2. The van der Waals surface area contributed by atoms with Crippen molar-refractivity contribution in [3.63, 3.8) is 0 Å². The zero-order valence-electron chi connectivity index (χ0n) is 18.9. The zero-order valence-corrected chi connectivity index (χ0v) is 18.9. The molecule has 0 heterocycles.